The van der Waals surface area contributed by atoms with Gasteiger partial charge in [-0.2, -0.15) is 0 Å². The van der Waals surface area contributed by atoms with Crippen molar-refractivity contribution < 1.29 is 0 Å². The summed E-state index contributed by atoms with van der Waals surface area (Å²) in [6.45, 7) is 9.00. The van der Waals surface area contributed by atoms with E-state index in [0.717, 1.165) is 19.0 Å². The molecule has 17 heavy (non-hydrogen) atoms. The molecule has 0 radical (unpaired) electrons. The highest BCUT2D eigenvalue weighted by Gasteiger charge is 1.98. The molecule has 1 aromatic carbocycles. The second kappa shape index (κ2) is 7.71. The van der Waals surface area contributed by atoms with Crippen LogP contribution in [0.4, 0.5) is 0 Å². The van der Waals surface area contributed by atoms with E-state index in [1.165, 1.54) is 5.56 Å². The summed E-state index contributed by atoms with van der Waals surface area (Å²) >= 11 is 0. The number of nitrogens with one attached hydrogen (secondary N) is 2. The minimum absolute atomic E-state index is 0.621. The van der Waals surface area contributed by atoms with Gasteiger partial charge in [-0.3, -0.25) is 0 Å². The van der Waals surface area contributed by atoms with Crippen LogP contribution in [0.3, 0.4) is 0 Å². The molecule has 2 N–H and O–H groups in total. The van der Waals surface area contributed by atoms with Crippen molar-refractivity contribution in [1.82, 2.24) is 10.6 Å². The largest absolute Gasteiger partial charge is 0.357 e. The van der Waals surface area contributed by atoms with Gasteiger partial charge in [0.15, 0.2) is 5.96 Å². The predicted molar refractivity (Wildman–Crippen MR) is 74.1 cm³/mol. The second-order valence-electron chi connectivity index (χ2n) is 4.46. The summed E-state index contributed by atoms with van der Waals surface area (Å²) in [5, 5.41) is 6.58. The Labute approximate surface area is 104 Å². The first-order valence-corrected chi connectivity index (χ1v) is 6.28. The average molecular weight is 233 g/mol. The van der Waals surface area contributed by atoms with Gasteiger partial charge in [0.2, 0.25) is 0 Å². The number of nitrogens with zero attached hydrogens (tertiary/aromatic N) is 1. The molecule has 0 amide bonds. The number of rotatable bonds is 5. The first-order valence-electron chi connectivity index (χ1n) is 6.28. The number of hydrogen-bond donors (Lipinski definition) is 2. The van der Waals surface area contributed by atoms with Crippen molar-refractivity contribution in [2.75, 3.05) is 13.1 Å². The lowest BCUT2D eigenvalue weighted by atomic mass is 10.2. The maximum atomic E-state index is 4.55. The zero-order valence-electron chi connectivity index (χ0n) is 11.0. The summed E-state index contributed by atoms with van der Waals surface area (Å²) in [4.78, 5) is 4.55. The van der Waals surface area contributed by atoms with Gasteiger partial charge in [-0.25, -0.2) is 4.99 Å². The predicted octanol–water partition coefficient (Wildman–Crippen LogP) is 2.40. The molecule has 3 heteroatoms. The fourth-order valence-corrected chi connectivity index (χ4v) is 1.40. The minimum Gasteiger partial charge on any atom is -0.357 e. The number of guanidine groups is 1. The molecule has 3 nitrogen and oxygen atoms in total. The zero-order chi connectivity index (χ0) is 12.5. The SMILES string of the molecule is CCNC(=NCc1ccccc1)NCC(C)C. The molecule has 0 saturated heterocycles. The van der Waals surface area contributed by atoms with Crippen molar-refractivity contribution in [3.63, 3.8) is 0 Å². The van der Waals surface area contributed by atoms with Crippen molar-refractivity contribution in [3.8, 4) is 0 Å². The summed E-state index contributed by atoms with van der Waals surface area (Å²) in [7, 11) is 0. The Morgan fingerprint density at radius 3 is 2.47 bits per heavy atom. The lowest BCUT2D eigenvalue weighted by molar-refractivity contribution is 0.615. The highest BCUT2D eigenvalue weighted by Crippen LogP contribution is 1.99. The van der Waals surface area contributed by atoms with Gasteiger partial charge in [0.1, 0.15) is 0 Å². The van der Waals surface area contributed by atoms with Crippen molar-refractivity contribution in [1.29, 1.82) is 0 Å². The Bertz CT molecular complexity index is 331. The molecule has 0 spiro atoms. The van der Waals surface area contributed by atoms with Crippen LogP contribution in [-0.2, 0) is 6.54 Å². The summed E-state index contributed by atoms with van der Waals surface area (Å²) in [6.07, 6.45) is 0. The van der Waals surface area contributed by atoms with Crippen LogP contribution >= 0.6 is 0 Å². The maximum absolute atomic E-state index is 4.55. The summed E-state index contributed by atoms with van der Waals surface area (Å²) in [5.74, 6) is 1.51. The molecular formula is C14H23N3. The highest BCUT2D eigenvalue weighted by molar-refractivity contribution is 5.79. The smallest absolute Gasteiger partial charge is 0.191 e. The Hall–Kier alpha value is -1.51. The minimum atomic E-state index is 0.621. The third-order valence-electron chi connectivity index (χ3n) is 2.28. The van der Waals surface area contributed by atoms with Gasteiger partial charge in [-0.15, -0.1) is 0 Å². The standard InChI is InChI=1S/C14H23N3/c1-4-15-14(16-10-12(2)3)17-11-13-8-6-5-7-9-13/h5-9,12H,4,10-11H2,1-3H3,(H2,15,16,17). The van der Waals surface area contributed by atoms with E-state index in [4.69, 9.17) is 0 Å². The number of aliphatic imine (C=N–C) groups is 1. The van der Waals surface area contributed by atoms with Gasteiger partial charge in [0.25, 0.3) is 0 Å². The van der Waals surface area contributed by atoms with Crippen LogP contribution in [0.25, 0.3) is 0 Å². The van der Waals surface area contributed by atoms with Crippen LogP contribution in [0.15, 0.2) is 35.3 Å². The van der Waals surface area contributed by atoms with Crippen LogP contribution in [-0.4, -0.2) is 19.0 Å². The topological polar surface area (TPSA) is 36.4 Å². The van der Waals surface area contributed by atoms with Gasteiger partial charge in [0, 0.05) is 13.1 Å². The third-order valence-corrected chi connectivity index (χ3v) is 2.28. The fourth-order valence-electron chi connectivity index (χ4n) is 1.40. The van der Waals surface area contributed by atoms with E-state index in [-0.39, 0.29) is 0 Å². The van der Waals surface area contributed by atoms with Crippen molar-refractivity contribution in [3.05, 3.63) is 35.9 Å². The molecule has 94 valence electrons. The van der Waals surface area contributed by atoms with E-state index in [2.05, 4.69) is 48.5 Å². The van der Waals surface area contributed by atoms with Gasteiger partial charge in [-0.1, -0.05) is 44.2 Å². The molecule has 0 fully saturated rings. The van der Waals surface area contributed by atoms with Crippen LogP contribution in [0.2, 0.25) is 0 Å². The number of hydrogen-bond acceptors (Lipinski definition) is 1. The Morgan fingerprint density at radius 1 is 1.18 bits per heavy atom. The summed E-state index contributed by atoms with van der Waals surface area (Å²) in [6, 6.07) is 10.3. The van der Waals surface area contributed by atoms with Crippen LogP contribution in [0, 0.1) is 5.92 Å². The molecule has 0 aliphatic carbocycles. The average Bonchev–Trinajstić information content (AvgIpc) is 2.34. The molecule has 0 atom stereocenters. The van der Waals surface area contributed by atoms with Gasteiger partial charge in [-0.05, 0) is 18.4 Å². The van der Waals surface area contributed by atoms with Gasteiger partial charge >= 0.3 is 0 Å². The van der Waals surface area contributed by atoms with E-state index >= 15 is 0 Å². The van der Waals surface area contributed by atoms with Crippen molar-refractivity contribution in [2.24, 2.45) is 10.9 Å². The molecule has 1 rings (SSSR count). The lowest BCUT2D eigenvalue weighted by Gasteiger charge is -2.12. The fraction of sp³-hybridized carbons (Fsp3) is 0.500. The molecule has 0 aliphatic rings. The van der Waals surface area contributed by atoms with E-state index in [9.17, 15) is 0 Å². The summed E-state index contributed by atoms with van der Waals surface area (Å²) in [5.41, 5.74) is 1.23. The van der Waals surface area contributed by atoms with E-state index in [0.29, 0.717) is 12.5 Å². The Balaban J connectivity index is 2.51. The summed E-state index contributed by atoms with van der Waals surface area (Å²) < 4.78 is 0. The first-order chi connectivity index (χ1) is 8.22. The maximum Gasteiger partial charge on any atom is 0.191 e. The Kier molecular flexibility index (Phi) is 6.15. The lowest BCUT2D eigenvalue weighted by Crippen LogP contribution is -2.39. The molecule has 0 unspecified atom stereocenters. The van der Waals surface area contributed by atoms with E-state index in [1.54, 1.807) is 0 Å². The number of benzene rings is 1. The van der Waals surface area contributed by atoms with E-state index < -0.39 is 0 Å². The molecule has 0 bridgehead atoms. The molecule has 1 aromatic rings. The van der Waals surface area contributed by atoms with Crippen LogP contribution in [0.5, 0.6) is 0 Å². The van der Waals surface area contributed by atoms with Gasteiger partial charge in [0.05, 0.1) is 6.54 Å². The third kappa shape index (κ3) is 5.95. The first kappa shape index (κ1) is 13.6. The monoisotopic (exact) mass is 233 g/mol. The normalized spacial score (nSPS) is 11.6. The molecule has 0 aliphatic heterocycles. The van der Waals surface area contributed by atoms with Crippen molar-refractivity contribution in [2.45, 2.75) is 27.3 Å². The molecule has 0 heterocycles. The molecule has 0 aromatic heterocycles. The molecule has 0 saturated carbocycles. The van der Waals surface area contributed by atoms with Crippen LogP contribution < -0.4 is 10.6 Å². The van der Waals surface area contributed by atoms with Crippen LogP contribution in [0.1, 0.15) is 26.3 Å². The van der Waals surface area contributed by atoms with E-state index in [1.807, 2.05) is 18.2 Å². The quantitative estimate of drug-likeness (QED) is 0.605. The Morgan fingerprint density at radius 2 is 1.88 bits per heavy atom. The van der Waals surface area contributed by atoms with Crippen molar-refractivity contribution >= 4 is 5.96 Å². The molecular weight excluding hydrogens is 210 g/mol. The zero-order valence-corrected chi connectivity index (χ0v) is 11.0. The second-order valence-corrected chi connectivity index (χ2v) is 4.46. The van der Waals surface area contributed by atoms with Gasteiger partial charge < -0.3 is 10.6 Å². The highest BCUT2D eigenvalue weighted by atomic mass is 15.2.